The highest BCUT2D eigenvalue weighted by atomic mass is 16.3. The van der Waals surface area contributed by atoms with Crippen LogP contribution in [-0.2, 0) is 22.7 Å². The first-order chi connectivity index (χ1) is 16.5. The van der Waals surface area contributed by atoms with Crippen LogP contribution in [0.3, 0.4) is 0 Å². The third-order valence-corrected chi connectivity index (χ3v) is 3.78. The molecule has 204 valence electrons. The average molecular weight is 519 g/mol. The van der Waals surface area contributed by atoms with Crippen LogP contribution in [0, 0.1) is 0 Å². The maximum atomic E-state index is 11.4. The molecule has 16 nitrogen and oxygen atoms in total. The van der Waals surface area contributed by atoms with E-state index in [1.807, 2.05) is 9.97 Å². The fourth-order valence-corrected chi connectivity index (χ4v) is 2.01. The van der Waals surface area contributed by atoms with Crippen molar-refractivity contribution in [3.05, 3.63) is 66.2 Å². The summed E-state index contributed by atoms with van der Waals surface area (Å²) in [5.74, 6) is -0.684. The second-order valence-electron chi connectivity index (χ2n) is 6.93. The lowest BCUT2D eigenvalue weighted by molar-refractivity contribution is -0.123. The quantitative estimate of drug-likeness (QED) is 0.156. The van der Waals surface area contributed by atoms with E-state index >= 15 is 0 Å². The first-order valence-electron chi connectivity index (χ1n) is 10.0. The van der Waals surface area contributed by atoms with E-state index in [-0.39, 0.29) is 39.5 Å². The van der Waals surface area contributed by atoms with E-state index in [9.17, 15) is 28.8 Å². The Morgan fingerprint density at radius 2 is 1.28 bits per heavy atom. The third kappa shape index (κ3) is 14.5. The summed E-state index contributed by atoms with van der Waals surface area (Å²) in [6.45, 7) is -0.0161. The van der Waals surface area contributed by atoms with Crippen molar-refractivity contribution in [3.8, 4) is 0 Å². The van der Waals surface area contributed by atoms with Gasteiger partial charge < -0.3 is 31.5 Å². The van der Waals surface area contributed by atoms with E-state index < -0.39 is 53.7 Å². The first-order valence-corrected chi connectivity index (χ1v) is 10.0. The van der Waals surface area contributed by atoms with Crippen LogP contribution in [0.25, 0.3) is 0 Å². The number of amides is 1. The van der Waals surface area contributed by atoms with Crippen LogP contribution in [0.4, 0.5) is 0 Å². The SMILES string of the molecule is C.CC(=O)Cn1ccc(=O)[nH]c1=O.NC(CO)CO.O=C(Cn1ccc(=O)[nH]c1=O)NC(CO)CO. The number of aliphatic hydroxyl groups excluding tert-OH is 4. The zero-order valence-corrected chi connectivity index (χ0v) is 18.9. The van der Waals surface area contributed by atoms with Crippen LogP contribution in [-0.4, -0.2) is 89.7 Å². The maximum Gasteiger partial charge on any atom is 0.328 e. The Hall–Kier alpha value is -3.70. The van der Waals surface area contributed by atoms with Gasteiger partial charge in [0.2, 0.25) is 5.91 Å². The van der Waals surface area contributed by atoms with Crippen molar-refractivity contribution in [1.29, 1.82) is 0 Å². The van der Waals surface area contributed by atoms with Crippen LogP contribution >= 0.6 is 0 Å². The molecule has 1 amide bonds. The number of hydrogen-bond donors (Lipinski definition) is 8. The molecule has 0 fully saturated rings. The molecule has 36 heavy (non-hydrogen) atoms. The van der Waals surface area contributed by atoms with Gasteiger partial charge in [-0.2, -0.15) is 0 Å². The molecule has 2 aromatic heterocycles. The van der Waals surface area contributed by atoms with Gasteiger partial charge in [-0.1, -0.05) is 7.43 Å². The van der Waals surface area contributed by atoms with Crippen LogP contribution in [0.15, 0.2) is 43.7 Å². The molecule has 16 heteroatoms. The summed E-state index contributed by atoms with van der Waals surface area (Å²) in [5.41, 5.74) is 2.71. The number of aliphatic hydroxyl groups is 4. The molecule has 2 heterocycles. The zero-order valence-electron chi connectivity index (χ0n) is 18.9. The van der Waals surface area contributed by atoms with Gasteiger partial charge in [0.05, 0.1) is 45.1 Å². The van der Waals surface area contributed by atoms with Crippen LogP contribution in [0.2, 0.25) is 0 Å². The number of aromatic amines is 2. The van der Waals surface area contributed by atoms with Crippen molar-refractivity contribution in [2.45, 2.75) is 39.5 Å². The van der Waals surface area contributed by atoms with Crippen molar-refractivity contribution in [1.82, 2.24) is 24.4 Å². The number of carbonyl (C=O) groups excluding carboxylic acids is 2. The summed E-state index contributed by atoms with van der Waals surface area (Å²) in [6, 6.07) is 1.10. The highest BCUT2D eigenvalue weighted by molar-refractivity contribution is 5.76. The largest absolute Gasteiger partial charge is 0.395 e. The van der Waals surface area contributed by atoms with Gasteiger partial charge in [0.1, 0.15) is 12.3 Å². The standard InChI is InChI=1S/C9H13N3O5.C7H8N2O3.C3H9NO2.CH4/c13-4-6(5-14)10-8(16)3-12-2-1-7(15)11-9(12)17;1-5(10)4-9-3-2-6(11)8-7(9)12;4-3(1-5)2-6;/h1-2,6,13-14H,3-5H2,(H,10,16)(H,11,15,17);2-3H,4H2,1H3,(H,8,11,12);3,5-6H,1-2,4H2;1H4. The smallest absolute Gasteiger partial charge is 0.328 e. The molecule has 0 aliphatic rings. The fourth-order valence-electron chi connectivity index (χ4n) is 2.01. The van der Waals surface area contributed by atoms with Crippen molar-refractivity contribution >= 4 is 11.7 Å². The molecule has 0 unspecified atom stereocenters. The van der Waals surface area contributed by atoms with E-state index in [2.05, 4.69) is 5.32 Å². The number of nitrogens with zero attached hydrogens (tertiary/aromatic N) is 2. The summed E-state index contributed by atoms with van der Waals surface area (Å²) in [4.78, 5) is 69.5. The fraction of sp³-hybridized carbons (Fsp3) is 0.500. The minimum absolute atomic E-state index is 0. The molecule has 0 bridgehead atoms. The highest BCUT2D eigenvalue weighted by Crippen LogP contribution is 1.83. The van der Waals surface area contributed by atoms with E-state index in [0.717, 1.165) is 15.2 Å². The van der Waals surface area contributed by atoms with Crippen LogP contribution in [0.1, 0.15) is 14.4 Å². The molecular weight excluding hydrogens is 484 g/mol. The summed E-state index contributed by atoms with van der Waals surface area (Å²) in [5, 5.41) is 35.9. The van der Waals surface area contributed by atoms with E-state index in [0.29, 0.717) is 0 Å². The van der Waals surface area contributed by atoms with Crippen LogP contribution in [0.5, 0.6) is 0 Å². The third-order valence-electron chi connectivity index (χ3n) is 3.78. The van der Waals surface area contributed by atoms with Crippen molar-refractivity contribution in [2.75, 3.05) is 26.4 Å². The number of aromatic nitrogens is 4. The predicted octanol–water partition coefficient (Wildman–Crippen LogP) is -4.93. The Balaban J connectivity index is 0. The van der Waals surface area contributed by atoms with Gasteiger partial charge in [-0.25, -0.2) is 9.59 Å². The topological polar surface area (TPSA) is 263 Å². The normalized spacial score (nSPS) is 9.89. The Kier molecular flexibility index (Phi) is 17.8. The van der Waals surface area contributed by atoms with Crippen molar-refractivity contribution < 1.29 is 30.0 Å². The molecule has 0 aliphatic heterocycles. The summed E-state index contributed by atoms with van der Waals surface area (Å²) in [6.07, 6.45) is 2.48. The summed E-state index contributed by atoms with van der Waals surface area (Å²) >= 11 is 0. The van der Waals surface area contributed by atoms with Gasteiger partial charge in [-0.15, -0.1) is 0 Å². The first kappa shape index (κ1) is 34.5. The molecule has 2 rings (SSSR count). The number of rotatable bonds is 9. The molecule has 0 saturated heterocycles. The second-order valence-corrected chi connectivity index (χ2v) is 6.93. The number of Topliss-reactive ketones (excluding diaryl/α,β-unsaturated/α-hetero) is 1. The monoisotopic (exact) mass is 518 g/mol. The highest BCUT2D eigenvalue weighted by Gasteiger charge is 2.11. The number of carbonyl (C=O) groups is 2. The predicted molar refractivity (Wildman–Crippen MR) is 128 cm³/mol. The summed E-state index contributed by atoms with van der Waals surface area (Å²) in [7, 11) is 0. The summed E-state index contributed by atoms with van der Waals surface area (Å²) < 4.78 is 2.15. The molecule has 2 aromatic rings. The lowest BCUT2D eigenvalue weighted by atomic mass is 10.3. The molecular formula is C20H34N6O10. The van der Waals surface area contributed by atoms with Gasteiger partial charge in [0.25, 0.3) is 11.1 Å². The average Bonchev–Trinajstić information content (AvgIpc) is 2.81. The van der Waals surface area contributed by atoms with E-state index in [1.165, 1.54) is 25.4 Å². The van der Waals surface area contributed by atoms with E-state index in [1.54, 1.807) is 0 Å². The lowest BCUT2D eigenvalue weighted by Crippen LogP contribution is -2.43. The minimum atomic E-state index is -0.763. The maximum absolute atomic E-state index is 11.4. The van der Waals surface area contributed by atoms with Crippen LogP contribution < -0.4 is 33.5 Å². The molecule has 0 spiro atoms. The van der Waals surface area contributed by atoms with Gasteiger partial charge >= 0.3 is 11.4 Å². The zero-order chi connectivity index (χ0) is 27.0. The molecule has 0 saturated carbocycles. The Morgan fingerprint density at radius 1 is 0.861 bits per heavy atom. The number of H-pyrrole nitrogens is 2. The molecule has 0 atom stereocenters. The molecule has 9 N–H and O–H groups in total. The lowest BCUT2D eigenvalue weighted by Gasteiger charge is -2.13. The van der Waals surface area contributed by atoms with Gasteiger partial charge in [-0.3, -0.25) is 38.3 Å². The van der Waals surface area contributed by atoms with Gasteiger partial charge in [0.15, 0.2) is 0 Å². The Labute approximate surface area is 204 Å². The van der Waals surface area contributed by atoms with Gasteiger partial charge in [-0.05, 0) is 6.92 Å². The minimum Gasteiger partial charge on any atom is -0.395 e. The number of ketones is 1. The second kappa shape index (κ2) is 18.6. The Bertz CT molecular complexity index is 1140. The number of nitrogens with two attached hydrogens (primary N) is 1. The Morgan fingerprint density at radius 3 is 1.58 bits per heavy atom. The number of hydrogen-bond acceptors (Lipinski definition) is 11. The molecule has 0 aromatic carbocycles. The van der Waals surface area contributed by atoms with Gasteiger partial charge in [0, 0.05) is 24.5 Å². The van der Waals surface area contributed by atoms with Crippen molar-refractivity contribution in [2.24, 2.45) is 5.73 Å². The number of nitrogens with one attached hydrogen (secondary N) is 3. The van der Waals surface area contributed by atoms with Crippen molar-refractivity contribution in [3.63, 3.8) is 0 Å². The molecule has 0 aliphatic carbocycles. The van der Waals surface area contributed by atoms with E-state index in [4.69, 9.17) is 26.2 Å². The molecule has 0 radical (unpaired) electrons.